The van der Waals surface area contributed by atoms with Crippen molar-refractivity contribution in [3.63, 3.8) is 0 Å². The number of unbranched alkanes of at least 4 members (excludes halogenated alkanes) is 1. The van der Waals surface area contributed by atoms with Crippen molar-refractivity contribution in [3.8, 4) is 0 Å². The third kappa shape index (κ3) is 4.02. The summed E-state index contributed by atoms with van der Waals surface area (Å²) in [7, 11) is 0. The highest BCUT2D eigenvalue weighted by atomic mass is 19.3. The number of halogens is 5. The maximum atomic E-state index is 12.7. The molecule has 0 fully saturated rings. The molecule has 1 nitrogen and oxygen atoms in total. The quantitative estimate of drug-likeness (QED) is 0.364. The second kappa shape index (κ2) is 5.93. The number of hydrogen-bond donors (Lipinski definition) is 0. The van der Waals surface area contributed by atoms with E-state index in [1.54, 1.807) is 0 Å². The number of carbonyl (C=O) groups excluding carboxylic acids is 1. The minimum absolute atomic E-state index is 0.000198. The highest BCUT2D eigenvalue weighted by molar-refractivity contribution is 5.60. The molecule has 0 saturated heterocycles. The summed E-state index contributed by atoms with van der Waals surface area (Å²) in [5.74, 6) is -4.30. The Balaban J connectivity index is 3.98. The van der Waals surface area contributed by atoms with Gasteiger partial charge in [-0.25, -0.2) is 8.78 Å². The van der Waals surface area contributed by atoms with Gasteiger partial charge in [0.1, 0.15) is 6.17 Å². The number of rotatable bonds is 7. The summed E-state index contributed by atoms with van der Waals surface area (Å²) in [6.45, 7) is -0.701. The van der Waals surface area contributed by atoms with E-state index in [1.807, 2.05) is 0 Å². The van der Waals surface area contributed by atoms with Gasteiger partial charge in [0, 0.05) is 0 Å². The number of alkyl halides is 5. The molecule has 0 heterocycles. The van der Waals surface area contributed by atoms with Crippen LogP contribution < -0.4 is 0 Å². The van der Waals surface area contributed by atoms with Gasteiger partial charge in [-0.3, -0.25) is 9.18 Å². The van der Waals surface area contributed by atoms with Crippen molar-refractivity contribution in [2.24, 2.45) is 0 Å². The fourth-order valence-electron chi connectivity index (χ4n) is 0.886. The standard InChI is InChI=1S/C8H11F5O/c9-4-2-1-3-6(10)7(11)8(12,13)5-14/h5-7H,1-4H2. The van der Waals surface area contributed by atoms with Crippen LogP contribution >= 0.6 is 0 Å². The van der Waals surface area contributed by atoms with Gasteiger partial charge >= 0.3 is 5.92 Å². The molecule has 84 valence electrons. The highest BCUT2D eigenvalue weighted by Gasteiger charge is 2.45. The Morgan fingerprint density at radius 3 is 2.21 bits per heavy atom. The van der Waals surface area contributed by atoms with Gasteiger partial charge in [0.15, 0.2) is 6.29 Å². The van der Waals surface area contributed by atoms with Gasteiger partial charge in [-0.1, -0.05) is 0 Å². The smallest absolute Gasteiger partial charge is 0.297 e. The lowest BCUT2D eigenvalue weighted by Gasteiger charge is -2.18. The van der Waals surface area contributed by atoms with Crippen LogP contribution in [0.25, 0.3) is 0 Å². The summed E-state index contributed by atoms with van der Waals surface area (Å²) in [5.41, 5.74) is 0. The number of carbonyl (C=O) groups is 1. The molecule has 6 heteroatoms. The fraction of sp³-hybridized carbons (Fsp3) is 0.875. The van der Waals surface area contributed by atoms with Crippen LogP contribution in [-0.4, -0.2) is 31.2 Å². The zero-order chi connectivity index (χ0) is 11.2. The van der Waals surface area contributed by atoms with Crippen LogP contribution in [0.2, 0.25) is 0 Å². The molecule has 14 heavy (non-hydrogen) atoms. The molecule has 0 aromatic rings. The maximum Gasteiger partial charge on any atom is 0.335 e. The molecule has 0 N–H and O–H groups in total. The van der Waals surface area contributed by atoms with Crippen LogP contribution in [-0.2, 0) is 4.79 Å². The fourth-order valence-corrected chi connectivity index (χ4v) is 0.886. The average Bonchev–Trinajstić information content (AvgIpc) is 2.17. The Hall–Kier alpha value is -0.680. The van der Waals surface area contributed by atoms with Crippen molar-refractivity contribution >= 4 is 6.29 Å². The van der Waals surface area contributed by atoms with Crippen LogP contribution in [0.4, 0.5) is 22.0 Å². The van der Waals surface area contributed by atoms with Crippen LogP contribution in [0.1, 0.15) is 19.3 Å². The monoisotopic (exact) mass is 218 g/mol. The van der Waals surface area contributed by atoms with Crippen molar-refractivity contribution in [3.05, 3.63) is 0 Å². The predicted molar refractivity (Wildman–Crippen MR) is 40.6 cm³/mol. The van der Waals surface area contributed by atoms with E-state index in [1.165, 1.54) is 0 Å². The normalized spacial score (nSPS) is 16.4. The van der Waals surface area contributed by atoms with E-state index in [9.17, 15) is 26.7 Å². The van der Waals surface area contributed by atoms with Crippen LogP contribution in [0.3, 0.4) is 0 Å². The lowest BCUT2D eigenvalue weighted by molar-refractivity contribution is -0.144. The molecular weight excluding hydrogens is 207 g/mol. The van der Waals surface area contributed by atoms with Gasteiger partial charge in [-0.15, -0.1) is 0 Å². The van der Waals surface area contributed by atoms with E-state index in [2.05, 4.69) is 0 Å². The van der Waals surface area contributed by atoms with Crippen molar-refractivity contribution in [2.45, 2.75) is 37.5 Å². The van der Waals surface area contributed by atoms with Gasteiger partial charge in [-0.2, -0.15) is 8.78 Å². The minimum atomic E-state index is -4.30. The van der Waals surface area contributed by atoms with E-state index < -0.39 is 37.6 Å². The van der Waals surface area contributed by atoms with Crippen LogP contribution in [0.15, 0.2) is 0 Å². The topological polar surface area (TPSA) is 17.1 Å². The molecule has 0 rings (SSSR count). The average molecular weight is 218 g/mol. The summed E-state index contributed by atoms with van der Waals surface area (Å²) in [4.78, 5) is 9.69. The number of aldehydes is 1. The van der Waals surface area contributed by atoms with Crippen LogP contribution in [0, 0.1) is 0 Å². The van der Waals surface area contributed by atoms with E-state index >= 15 is 0 Å². The summed E-state index contributed by atoms with van der Waals surface area (Å²) in [5, 5.41) is 0. The lowest BCUT2D eigenvalue weighted by Crippen LogP contribution is -2.38. The van der Waals surface area contributed by atoms with E-state index in [-0.39, 0.29) is 12.8 Å². The molecular formula is C8H11F5O. The van der Waals surface area contributed by atoms with Crippen LogP contribution in [0.5, 0.6) is 0 Å². The zero-order valence-electron chi connectivity index (χ0n) is 7.36. The molecule has 2 unspecified atom stereocenters. The number of hydrogen-bond acceptors (Lipinski definition) is 1. The molecule has 0 amide bonds. The Kier molecular flexibility index (Phi) is 5.64. The van der Waals surface area contributed by atoms with Crippen molar-refractivity contribution in [1.82, 2.24) is 0 Å². The first-order valence-corrected chi connectivity index (χ1v) is 4.14. The van der Waals surface area contributed by atoms with Crippen molar-refractivity contribution in [2.75, 3.05) is 6.67 Å². The SMILES string of the molecule is O=CC(F)(F)C(F)C(F)CCCCF. The summed E-state index contributed by atoms with van der Waals surface area (Å²) in [6.07, 6.45) is -7.01. The van der Waals surface area contributed by atoms with E-state index in [0.29, 0.717) is 0 Å². The summed E-state index contributed by atoms with van der Waals surface area (Å²) >= 11 is 0. The van der Waals surface area contributed by atoms with Gasteiger partial charge < -0.3 is 0 Å². The molecule has 0 radical (unpaired) electrons. The molecule has 0 aliphatic heterocycles. The maximum absolute atomic E-state index is 12.7. The Labute approximate surface area is 78.3 Å². The molecule has 0 aromatic heterocycles. The first kappa shape index (κ1) is 13.3. The van der Waals surface area contributed by atoms with Gasteiger partial charge in [0.05, 0.1) is 6.67 Å². The Bertz CT molecular complexity index is 173. The Morgan fingerprint density at radius 1 is 1.21 bits per heavy atom. The summed E-state index contributed by atoms with van der Waals surface area (Å²) in [6, 6.07) is 0. The summed E-state index contributed by atoms with van der Waals surface area (Å²) < 4.78 is 61.2. The van der Waals surface area contributed by atoms with Gasteiger partial charge in [-0.05, 0) is 19.3 Å². The third-order valence-electron chi connectivity index (χ3n) is 1.71. The molecule has 0 saturated carbocycles. The lowest BCUT2D eigenvalue weighted by atomic mass is 10.1. The molecule has 0 aliphatic carbocycles. The third-order valence-corrected chi connectivity index (χ3v) is 1.71. The minimum Gasteiger partial charge on any atom is -0.297 e. The molecule has 0 aromatic carbocycles. The van der Waals surface area contributed by atoms with Crippen molar-refractivity contribution in [1.29, 1.82) is 0 Å². The Morgan fingerprint density at radius 2 is 1.79 bits per heavy atom. The zero-order valence-corrected chi connectivity index (χ0v) is 7.36. The van der Waals surface area contributed by atoms with Crippen molar-refractivity contribution < 1.29 is 26.7 Å². The largest absolute Gasteiger partial charge is 0.335 e. The second-order valence-corrected chi connectivity index (χ2v) is 2.89. The second-order valence-electron chi connectivity index (χ2n) is 2.89. The van der Waals surface area contributed by atoms with E-state index in [4.69, 9.17) is 0 Å². The predicted octanol–water partition coefficient (Wildman–Crippen LogP) is 2.64. The molecule has 0 spiro atoms. The molecule has 2 atom stereocenters. The highest BCUT2D eigenvalue weighted by Crippen LogP contribution is 2.26. The first-order valence-electron chi connectivity index (χ1n) is 4.14. The molecule has 0 aliphatic rings. The van der Waals surface area contributed by atoms with E-state index in [0.717, 1.165) is 0 Å². The molecule has 0 bridgehead atoms. The first-order chi connectivity index (χ1) is 6.45. The van der Waals surface area contributed by atoms with Gasteiger partial charge in [0.25, 0.3) is 0 Å². The van der Waals surface area contributed by atoms with Gasteiger partial charge in [0.2, 0.25) is 6.17 Å².